The Hall–Kier alpha value is -1.60. The summed E-state index contributed by atoms with van der Waals surface area (Å²) in [6, 6.07) is 5.28. The fourth-order valence-corrected chi connectivity index (χ4v) is 2.68. The molecule has 0 radical (unpaired) electrons. The molecule has 0 spiro atoms. The third kappa shape index (κ3) is 4.01. The Balaban J connectivity index is 2.88. The van der Waals surface area contributed by atoms with Crippen LogP contribution in [-0.2, 0) is 14.8 Å². The molecule has 0 aliphatic heterocycles. The lowest BCUT2D eigenvalue weighted by Crippen LogP contribution is -2.34. The molecule has 0 aliphatic carbocycles. The zero-order chi connectivity index (χ0) is 13.8. The molecule has 0 aliphatic rings. The first kappa shape index (κ1) is 14.5. The van der Waals surface area contributed by atoms with Crippen molar-refractivity contribution in [1.29, 1.82) is 0 Å². The Bertz CT molecular complexity index is 526. The number of hydrogen-bond acceptors (Lipinski definition) is 4. The molecule has 18 heavy (non-hydrogen) atoms. The van der Waals surface area contributed by atoms with Gasteiger partial charge in [-0.2, -0.15) is 0 Å². The number of benzene rings is 1. The minimum absolute atomic E-state index is 0.0408. The minimum atomic E-state index is -3.73. The van der Waals surface area contributed by atoms with Crippen molar-refractivity contribution in [2.45, 2.75) is 24.3 Å². The molecule has 1 atom stereocenters. The Morgan fingerprint density at radius 3 is 2.72 bits per heavy atom. The molecule has 0 fully saturated rings. The van der Waals surface area contributed by atoms with Crippen LogP contribution >= 0.6 is 0 Å². The number of carboxylic acids is 1. The van der Waals surface area contributed by atoms with Gasteiger partial charge in [-0.3, -0.25) is 4.79 Å². The van der Waals surface area contributed by atoms with Gasteiger partial charge < -0.3 is 9.84 Å². The Kier molecular flexibility index (Phi) is 4.69. The van der Waals surface area contributed by atoms with Crippen LogP contribution in [0.25, 0.3) is 0 Å². The minimum Gasteiger partial charge on any atom is -0.497 e. The number of nitrogens with one attached hydrogen (secondary N) is 1. The first-order valence-electron chi connectivity index (χ1n) is 5.23. The number of sulfonamides is 1. The maximum atomic E-state index is 11.9. The van der Waals surface area contributed by atoms with Gasteiger partial charge in [0.05, 0.1) is 18.4 Å². The summed E-state index contributed by atoms with van der Waals surface area (Å²) in [6.45, 7) is 1.49. The third-order valence-corrected chi connectivity index (χ3v) is 3.78. The molecule has 100 valence electrons. The van der Waals surface area contributed by atoms with E-state index in [0.717, 1.165) is 0 Å². The van der Waals surface area contributed by atoms with Crippen LogP contribution in [0.4, 0.5) is 0 Å². The molecule has 0 heterocycles. The van der Waals surface area contributed by atoms with Crippen LogP contribution in [0.3, 0.4) is 0 Å². The molecule has 6 nitrogen and oxygen atoms in total. The topological polar surface area (TPSA) is 92.7 Å². The number of carboxylic acid groups (broad SMARTS) is 1. The van der Waals surface area contributed by atoms with Gasteiger partial charge in [-0.25, -0.2) is 13.1 Å². The summed E-state index contributed by atoms with van der Waals surface area (Å²) < 4.78 is 31.1. The number of hydrogen-bond donors (Lipinski definition) is 2. The van der Waals surface area contributed by atoms with Crippen LogP contribution in [-0.4, -0.2) is 32.6 Å². The monoisotopic (exact) mass is 273 g/mol. The molecule has 2 N–H and O–H groups in total. The second-order valence-corrected chi connectivity index (χ2v) is 5.51. The first-order valence-corrected chi connectivity index (χ1v) is 6.71. The second-order valence-electron chi connectivity index (χ2n) is 3.80. The van der Waals surface area contributed by atoms with E-state index in [9.17, 15) is 13.2 Å². The van der Waals surface area contributed by atoms with Crippen LogP contribution in [0, 0.1) is 0 Å². The molecular weight excluding hydrogens is 258 g/mol. The second kappa shape index (κ2) is 5.83. The van der Waals surface area contributed by atoms with E-state index in [0.29, 0.717) is 5.75 Å². The van der Waals surface area contributed by atoms with E-state index < -0.39 is 22.0 Å². The zero-order valence-corrected chi connectivity index (χ0v) is 10.9. The quantitative estimate of drug-likeness (QED) is 0.801. The van der Waals surface area contributed by atoms with Crippen LogP contribution < -0.4 is 9.46 Å². The van der Waals surface area contributed by atoms with Gasteiger partial charge in [0.15, 0.2) is 0 Å². The van der Waals surface area contributed by atoms with E-state index in [1.165, 1.54) is 26.2 Å². The average Bonchev–Trinajstić information content (AvgIpc) is 2.27. The fourth-order valence-electron chi connectivity index (χ4n) is 1.40. The molecule has 0 aromatic heterocycles. The normalized spacial score (nSPS) is 13.0. The molecular formula is C11H15NO5S. The maximum Gasteiger partial charge on any atom is 0.304 e. The molecule has 1 rings (SSSR count). The van der Waals surface area contributed by atoms with E-state index >= 15 is 0 Å². The summed E-state index contributed by atoms with van der Waals surface area (Å²) in [7, 11) is -2.29. The predicted molar refractivity (Wildman–Crippen MR) is 65.0 cm³/mol. The van der Waals surface area contributed by atoms with Gasteiger partial charge in [-0.15, -0.1) is 0 Å². The molecule has 0 amide bonds. The van der Waals surface area contributed by atoms with Crippen molar-refractivity contribution >= 4 is 16.0 Å². The van der Waals surface area contributed by atoms with Crippen molar-refractivity contribution in [3.8, 4) is 5.75 Å². The molecule has 1 aromatic carbocycles. The highest BCUT2D eigenvalue weighted by molar-refractivity contribution is 7.89. The summed E-state index contributed by atoms with van der Waals surface area (Å²) in [4.78, 5) is 10.5. The zero-order valence-electron chi connectivity index (χ0n) is 10.1. The summed E-state index contributed by atoms with van der Waals surface area (Å²) in [5, 5.41) is 8.58. The van der Waals surface area contributed by atoms with Gasteiger partial charge in [0.2, 0.25) is 10.0 Å². The largest absolute Gasteiger partial charge is 0.497 e. The van der Waals surface area contributed by atoms with Crippen molar-refractivity contribution in [3.63, 3.8) is 0 Å². The van der Waals surface area contributed by atoms with E-state index in [1.54, 1.807) is 12.1 Å². The lowest BCUT2D eigenvalue weighted by Gasteiger charge is -2.12. The number of aliphatic carboxylic acids is 1. The highest BCUT2D eigenvalue weighted by Gasteiger charge is 2.19. The predicted octanol–water partition coefficient (Wildman–Crippen LogP) is 0.837. The lowest BCUT2D eigenvalue weighted by molar-refractivity contribution is -0.137. The van der Waals surface area contributed by atoms with Gasteiger partial charge in [-0.1, -0.05) is 6.07 Å². The first-order chi connectivity index (χ1) is 8.35. The van der Waals surface area contributed by atoms with Crippen molar-refractivity contribution in [3.05, 3.63) is 24.3 Å². The van der Waals surface area contributed by atoms with E-state index in [2.05, 4.69) is 4.72 Å². The number of carbonyl (C=O) groups is 1. The summed E-state index contributed by atoms with van der Waals surface area (Å²) in [5.74, 6) is -0.639. The smallest absolute Gasteiger partial charge is 0.304 e. The van der Waals surface area contributed by atoms with E-state index in [4.69, 9.17) is 9.84 Å². The highest BCUT2D eigenvalue weighted by Crippen LogP contribution is 2.17. The fraction of sp³-hybridized carbons (Fsp3) is 0.364. The Morgan fingerprint density at radius 2 is 2.17 bits per heavy atom. The van der Waals surface area contributed by atoms with Crippen LogP contribution in [0.1, 0.15) is 13.3 Å². The van der Waals surface area contributed by atoms with Gasteiger partial charge in [0.25, 0.3) is 0 Å². The van der Waals surface area contributed by atoms with Gasteiger partial charge in [0.1, 0.15) is 5.75 Å². The number of methoxy groups -OCH3 is 1. The summed E-state index contributed by atoms with van der Waals surface area (Å²) >= 11 is 0. The van der Waals surface area contributed by atoms with Crippen LogP contribution in [0.5, 0.6) is 5.75 Å². The van der Waals surface area contributed by atoms with Crippen LogP contribution in [0.15, 0.2) is 29.2 Å². The molecule has 0 saturated carbocycles. The standard InChI is InChI=1S/C11H15NO5S/c1-8(6-11(13)14)12-18(15,16)10-5-3-4-9(7-10)17-2/h3-5,7-8,12H,6H2,1-2H3,(H,13,14). The molecule has 1 aromatic rings. The summed E-state index contributed by atoms with van der Waals surface area (Å²) in [5.41, 5.74) is 0. The van der Waals surface area contributed by atoms with Gasteiger partial charge in [-0.05, 0) is 19.1 Å². The molecule has 0 bridgehead atoms. The van der Waals surface area contributed by atoms with Crippen molar-refractivity contribution in [2.24, 2.45) is 0 Å². The van der Waals surface area contributed by atoms with Crippen molar-refractivity contribution < 1.29 is 23.1 Å². The Morgan fingerprint density at radius 1 is 1.50 bits per heavy atom. The van der Waals surface area contributed by atoms with Crippen LogP contribution in [0.2, 0.25) is 0 Å². The van der Waals surface area contributed by atoms with Crippen molar-refractivity contribution in [2.75, 3.05) is 7.11 Å². The van der Waals surface area contributed by atoms with E-state index in [1.807, 2.05) is 0 Å². The van der Waals surface area contributed by atoms with E-state index in [-0.39, 0.29) is 11.3 Å². The maximum absolute atomic E-state index is 11.9. The SMILES string of the molecule is COc1cccc(S(=O)(=O)NC(C)CC(=O)O)c1. The average molecular weight is 273 g/mol. The van der Waals surface area contributed by atoms with Crippen molar-refractivity contribution in [1.82, 2.24) is 4.72 Å². The highest BCUT2D eigenvalue weighted by atomic mass is 32.2. The molecule has 0 saturated heterocycles. The third-order valence-electron chi connectivity index (χ3n) is 2.19. The Labute approximate surface area is 106 Å². The number of ether oxygens (including phenoxy) is 1. The van der Waals surface area contributed by atoms with Gasteiger partial charge in [0, 0.05) is 12.1 Å². The lowest BCUT2D eigenvalue weighted by atomic mass is 10.3. The molecule has 7 heteroatoms. The summed E-state index contributed by atoms with van der Waals surface area (Å²) in [6.07, 6.45) is -0.275. The molecule has 1 unspecified atom stereocenters. The van der Waals surface area contributed by atoms with Gasteiger partial charge >= 0.3 is 5.97 Å². The number of rotatable bonds is 6.